The lowest BCUT2D eigenvalue weighted by molar-refractivity contribution is 0.258. The molecule has 4 rings (SSSR count). The van der Waals surface area contributed by atoms with Gasteiger partial charge in [0.15, 0.2) is 0 Å². The molecule has 3 N–H and O–H groups in total. The zero-order valence-electron chi connectivity index (χ0n) is 11.0. The minimum absolute atomic E-state index is 0.00463. The summed E-state index contributed by atoms with van der Waals surface area (Å²) >= 11 is 0. The Kier molecular flexibility index (Phi) is 2.22. The Morgan fingerprint density at radius 3 is 2.79 bits per heavy atom. The van der Waals surface area contributed by atoms with Crippen molar-refractivity contribution in [3.8, 4) is 0 Å². The molecule has 2 saturated carbocycles. The molecule has 100 valence electrons. The summed E-state index contributed by atoms with van der Waals surface area (Å²) in [6, 6.07) is 5.83. The monoisotopic (exact) mass is 257 g/mol. The summed E-state index contributed by atoms with van der Waals surface area (Å²) in [6.07, 6.45) is 5.43. The molecular weight excluding hydrogens is 238 g/mol. The quantitative estimate of drug-likeness (QED) is 0.826. The van der Waals surface area contributed by atoms with Gasteiger partial charge in [0.2, 0.25) is 0 Å². The first-order valence-electron chi connectivity index (χ1n) is 7.07. The molecule has 0 aliphatic heterocycles. The first kappa shape index (κ1) is 11.3. The topological polar surface area (TPSA) is 64.1 Å². The summed E-state index contributed by atoms with van der Waals surface area (Å²) in [5.41, 5.74) is 9.04. The molecule has 0 spiro atoms. The average molecular weight is 257 g/mol. The number of nitrogens with zero attached hydrogens (tertiary/aromatic N) is 2. The lowest BCUT2D eigenvalue weighted by atomic mass is 10.0. The van der Waals surface area contributed by atoms with E-state index in [0.717, 1.165) is 35.0 Å². The molecule has 2 aliphatic rings. The Labute approximate surface area is 112 Å². The van der Waals surface area contributed by atoms with Crippen LogP contribution in [0.5, 0.6) is 0 Å². The van der Waals surface area contributed by atoms with Gasteiger partial charge in [0, 0.05) is 12.2 Å². The van der Waals surface area contributed by atoms with E-state index >= 15 is 0 Å². The lowest BCUT2D eigenvalue weighted by Gasteiger charge is -2.17. The van der Waals surface area contributed by atoms with Crippen molar-refractivity contribution in [1.29, 1.82) is 0 Å². The zero-order valence-corrected chi connectivity index (χ0v) is 11.0. The van der Waals surface area contributed by atoms with Crippen LogP contribution >= 0.6 is 0 Å². The van der Waals surface area contributed by atoms with Gasteiger partial charge in [-0.1, -0.05) is 0 Å². The molecule has 1 heterocycles. The number of rotatable bonds is 4. The number of aliphatic hydroxyl groups is 1. The predicted octanol–water partition coefficient (Wildman–Crippen LogP) is 2.30. The minimum Gasteiger partial charge on any atom is -0.399 e. The van der Waals surface area contributed by atoms with Gasteiger partial charge in [-0.2, -0.15) is 0 Å². The third-order valence-corrected chi connectivity index (χ3v) is 4.80. The van der Waals surface area contributed by atoms with Gasteiger partial charge in [-0.05, 0) is 55.2 Å². The second-order valence-corrected chi connectivity index (χ2v) is 6.16. The summed E-state index contributed by atoms with van der Waals surface area (Å²) < 4.78 is 2.21. The molecule has 0 radical (unpaired) electrons. The highest BCUT2D eigenvalue weighted by Gasteiger charge is 2.54. The second-order valence-electron chi connectivity index (χ2n) is 6.16. The molecule has 1 aromatic carbocycles. The molecule has 0 atom stereocenters. The van der Waals surface area contributed by atoms with Gasteiger partial charge in [0.05, 0.1) is 11.0 Å². The van der Waals surface area contributed by atoms with Crippen molar-refractivity contribution in [2.75, 3.05) is 5.73 Å². The van der Waals surface area contributed by atoms with Crippen LogP contribution in [0.4, 0.5) is 5.69 Å². The molecule has 1 aromatic heterocycles. The maximum Gasteiger partial charge on any atom is 0.135 e. The van der Waals surface area contributed by atoms with E-state index in [4.69, 9.17) is 5.73 Å². The molecule has 4 nitrogen and oxygen atoms in total. The van der Waals surface area contributed by atoms with E-state index in [1.165, 1.54) is 25.7 Å². The van der Waals surface area contributed by atoms with Crippen LogP contribution in [0.2, 0.25) is 0 Å². The van der Waals surface area contributed by atoms with Crippen molar-refractivity contribution >= 4 is 16.7 Å². The fourth-order valence-electron chi connectivity index (χ4n) is 3.36. The van der Waals surface area contributed by atoms with Gasteiger partial charge < -0.3 is 15.4 Å². The number of nitrogen functional groups attached to an aromatic ring is 1. The van der Waals surface area contributed by atoms with Crippen molar-refractivity contribution in [2.24, 2.45) is 11.3 Å². The van der Waals surface area contributed by atoms with E-state index in [2.05, 4.69) is 9.55 Å². The number of hydrogen-bond acceptors (Lipinski definition) is 3. The summed E-state index contributed by atoms with van der Waals surface area (Å²) in [6.45, 7) is 1.00. The second kappa shape index (κ2) is 3.73. The molecule has 0 unspecified atom stereocenters. The van der Waals surface area contributed by atoms with Gasteiger partial charge in [0.25, 0.3) is 0 Å². The first-order chi connectivity index (χ1) is 9.22. The third-order valence-electron chi connectivity index (χ3n) is 4.80. The van der Waals surface area contributed by atoms with E-state index in [9.17, 15) is 5.11 Å². The van der Waals surface area contributed by atoms with Crippen molar-refractivity contribution in [3.05, 3.63) is 24.0 Å². The highest BCUT2D eigenvalue weighted by atomic mass is 16.3. The summed E-state index contributed by atoms with van der Waals surface area (Å²) in [7, 11) is 0. The van der Waals surface area contributed by atoms with E-state index in [1.807, 2.05) is 18.2 Å². The SMILES string of the molecule is Nc1ccc2c(c1)nc(CO)n2CC1(C2CC2)CC1. The molecule has 2 aromatic rings. The maximum atomic E-state index is 9.55. The number of imidazole rings is 1. The Morgan fingerprint density at radius 1 is 1.37 bits per heavy atom. The summed E-state index contributed by atoms with van der Waals surface area (Å²) in [4.78, 5) is 4.52. The molecule has 0 saturated heterocycles. The molecular formula is C15H19N3O. The van der Waals surface area contributed by atoms with Gasteiger partial charge >= 0.3 is 0 Å². The number of anilines is 1. The Morgan fingerprint density at radius 2 is 2.16 bits per heavy atom. The molecule has 19 heavy (non-hydrogen) atoms. The predicted molar refractivity (Wildman–Crippen MR) is 74.5 cm³/mol. The van der Waals surface area contributed by atoms with Crippen molar-refractivity contribution in [2.45, 2.75) is 38.8 Å². The van der Waals surface area contributed by atoms with E-state index in [0.29, 0.717) is 5.41 Å². The number of aromatic nitrogens is 2. The van der Waals surface area contributed by atoms with Crippen LogP contribution in [0, 0.1) is 11.3 Å². The van der Waals surface area contributed by atoms with Crippen LogP contribution in [0.15, 0.2) is 18.2 Å². The lowest BCUT2D eigenvalue weighted by Crippen LogP contribution is -2.16. The van der Waals surface area contributed by atoms with Crippen LogP contribution in [-0.4, -0.2) is 14.7 Å². The minimum atomic E-state index is -0.00463. The van der Waals surface area contributed by atoms with Crippen LogP contribution in [-0.2, 0) is 13.2 Å². The number of nitrogens with two attached hydrogens (primary N) is 1. The van der Waals surface area contributed by atoms with Gasteiger partial charge in [-0.3, -0.25) is 0 Å². The standard InChI is InChI=1S/C15H19N3O/c16-11-3-4-13-12(7-11)17-14(8-19)18(13)9-15(5-6-15)10-1-2-10/h3-4,7,10,19H,1-2,5-6,8-9,16H2. The molecule has 2 aliphatic carbocycles. The Bertz CT molecular complexity index is 638. The van der Waals surface area contributed by atoms with Crippen LogP contribution in [0.3, 0.4) is 0 Å². The molecule has 0 bridgehead atoms. The fraction of sp³-hybridized carbons (Fsp3) is 0.533. The molecule has 2 fully saturated rings. The third kappa shape index (κ3) is 1.74. The van der Waals surface area contributed by atoms with E-state index < -0.39 is 0 Å². The highest BCUT2D eigenvalue weighted by Crippen LogP contribution is 2.62. The molecule has 0 amide bonds. The van der Waals surface area contributed by atoms with Crippen molar-refractivity contribution in [3.63, 3.8) is 0 Å². The number of benzene rings is 1. The zero-order chi connectivity index (χ0) is 13.0. The smallest absolute Gasteiger partial charge is 0.135 e. The Hall–Kier alpha value is -1.55. The number of hydrogen-bond donors (Lipinski definition) is 2. The summed E-state index contributed by atoms with van der Waals surface area (Å²) in [5, 5.41) is 9.55. The van der Waals surface area contributed by atoms with Gasteiger partial charge in [0.1, 0.15) is 12.4 Å². The van der Waals surface area contributed by atoms with Crippen molar-refractivity contribution < 1.29 is 5.11 Å². The largest absolute Gasteiger partial charge is 0.399 e. The fourth-order valence-corrected chi connectivity index (χ4v) is 3.36. The summed E-state index contributed by atoms with van der Waals surface area (Å²) in [5.74, 6) is 1.68. The van der Waals surface area contributed by atoms with Gasteiger partial charge in [-0.25, -0.2) is 4.98 Å². The highest BCUT2D eigenvalue weighted by molar-refractivity contribution is 5.79. The van der Waals surface area contributed by atoms with Crippen LogP contribution in [0.1, 0.15) is 31.5 Å². The van der Waals surface area contributed by atoms with Crippen LogP contribution < -0.4 is 5.73 Å². The van der Waals surface area contributed by atoms with Gasteiger partial charge in [-0.15, -0.1) is 0 Å². The average Bonchev–Trinajstić information content (AvgIpc) is 3.27. The van der Waals surface area contributed by atoms with Crippen LogP contribution in [0.25, 0.3) is 11.0 Å². The maximum absolute atomic E-state index is 9.55. The normalized spacial score (nSPS) is 20.9. The number of aliphatic hydroxyl groups excluding tert-OH is 1. The van der Waals surface area contributed by atoms with E-state index in [-0.39, 0.29) is 6.61 Å². The molecule has 4 heteroatoms. The number of fused-ring (bicyclic) bond motifs is 1. The van der Waals surface area contributed by atoms with E-state index in [1.54, 1.807) is 0 Å². The first-order valence-corrected chi connectivity index (χ1v) is 7.07. The Balaban J connectivity index is 1.78. The van der Waals surface area contributed by atoms with Crippen molar-refractivity contribution in [1.82, 2.24) is 9.55 Å².